The van der Waals surface area contributed by atoms with E-state index in [0.29, 0.717) is 38.7 Å². The van der Waals surface area contributed by atoms with Crippen molar-refractivity contribution in [2.45, 2.75) is 20.0 Å². The summed E-state index contributed by atoms with van der Waals surface area (Å²) in [6.45, 7) is 6.34. The van der Waals surface area contributed by atoms with Crippen molar-refractivity contribution in [3.8, 4) is 0 Å². The summed E-state index contributed by atoms with van der Waals surface area (Å²) in [4.78, 5) is 30.4. The van der Waals surface area contributed by atoms with E-state index >= 15 is 0 Å². The van der Waals surface area contributed by atoms with Crippen LogP contribution in [0.25, 0.3) is 0 Å². The van der Waals surface area contributed by atoms with E-state index in [2.05, 4.69) is 15.6 Å². The topological polar surface area (TPSA) is 124 Å². The minimum Gasteiger partial charge on any atom is -0.378 e. The van der Waals surface area contributed by atoms with E-state index in [9.17, 15) is 18.0 Å². The minimum absolute atomic E-state index is 0. The average molecular weight is 546 g/mol. The molecule has 2 aliphatic heterocycles. The molecule has 3 amide bonds. The van der Waals surface area contributed by atoms with Gasteiger partial charge in [-0.05, 0) is 13.8 Å². The van der Waals surface area contributed by atoms with Crippen molar-refractivity contribution in [2.24, 2.45) is 4.99 Å². The Morgan fingerprint density at radius 1 is 1.24 bits per heavy atom. The van der Waals surface area contributed by atoms with Crippen molar-refractivity contribution >= 4 is 51.9 Å². The number of nitrogens with zero attached hydrogens (tertiary/aromatic N) is 4. The highest BCUT2D eigenvalue weighted by Crippen LogP contribution is 2.09. The molecule has 0 spiro atoms. The number of halogens is 1. The number of hydrogen-bond donors (Lipinski definition) is 2. The van der Waals surface area contributed by atoms with Gasteiger partial charge in [0.15, 0.2) is 5.96 Å². The van der Waals surface area contributed by atoms with E-state index in [1.54, 1.807) is 7.05 Å². The third-order valence-corrected chi connectivity index (χ3v) is 6.33. The lowest BCUT2D eigenvalue weighted by atomic mass is 10.4. The van der Waals surface area contributed by atoms with Crippen LogP contribution >= 0.6 is 24.0 Å². The SMILES string of the molecule is CN=C(NCCN1C(=O)CNC1=O)N1CCN(S(=O)(=O)CCOC(C)C)CC1.I. The fourth-order valence-electron chi connectivity index (χ4n) is 2.99. The molecule has 2 rings (SSSR count). The second kappa shape index (κ2) is 11.9. The first-order chi connectivity index (χ1) is 13.2. The van der Waals surface area contributed by atoms with E-state index in [4.69, 9.17) is 4.74 Å². The van der Waals surface area contributed by atoms with Gasteiger partial charge in [-0.25, -0.2) is 13.2 Å². The Hall–Kier alpha value is -1.19. The van der Waals surface area contributed by atoms with Crippen molar-refractivity contribution < 1.29 is 22.7 Å². The molecule has 2 fully saturated rings. The number of carbonyl (C=O) groups is 2. The molecular formula is C16H31IN6O5S. The summed E-state index contributed by atoms with van der Waals surface area (Å²) in [5, 5.41) is 5.59. The normalized spacial score (nSPS) is 18.8. The number of hydrogen-bond acceptors (Lipinski definition) is 6. The van der Waals surface area contributed by atoms with Gasteiger partial charge < -0.3 is 20.3 Å². The maximum atomic E-state index is 12.4. The largest absolute Gasteiger partial charge is 0.378 e. The van der Waals surface area contributed by atoms with Crippen LogP contribution in [0.4, 0.5) is 4.79 Å². The van der Waals surface area contributed by atoms with Crippen LogP contribution in [-0.4, -0.2) is 112 Å². The Bertz CT molecular complexity index is 678. The van der Waals surface area contributed by atoms with Crippen LogP contribution in [0.2, 0.25) is 0 Å². The fraction of sp³-hybridized carbons (Fsp3) is 0.812. The summed E-state index contributed by atoms with van der Waals surface area (Å²) in [6, 6.07) is -0.387. The summed E-state index contributed by atoms with van der Waals surface area (Å²) in [7, 11) is -1.70. The molecule has 0 radical (unpaired) electrons. The lowest BCUT2D eigenvalue weighted by molar-refractivity contribution is -0.124. The number of nitrogens with one attached hydrogen (secondary N) is 2. The van der Waals surface area contributed by atoms with E-state index in [1.807, 2.05) is 18.7 Å². The summed E-state index contributed by atoms with van der Waals surface area (Å²) < 4.78 is 31.6. The molecule has 0 unspecified atom stereocenters. The number of rotatable bonds is 8. The first kappa shape index (κ1) is 25.8. The molecule has 0 bridgehead atoms. The number of urea groups is 1. The van der Waals surface area contributed by atoms with Crippen molar-refractivity contribution in [3.05, 3.63) is 0 Å². The van der Waals surface area contributed by atoms with Gasteiger partial charge in [-0.1, -0.05) is 0 Å². The van der Waals surface area contributed by atoms with Crippen molar-refractivity contribution in [2.75, 3.05) is 65.2 Å². The molecule has 0 aromatic rings. The first-order valence-corrected chi connectivity index (χ1v) is 11.0. The van der Waals surface area contributed by atoms with Gasteiger partial charge in [0.25, 0.3) is 0 Å². The summed E-state index contributed by atoms with van der Waals surface area (Å²) in [5.41, 5.74) is 0. The molecule has 2 N–H and O–H groups in total. The van der Waals surface area contributed by atoms with Crippen molar-refractivity contribution in [1.82, 2.24) is 24.7 Å². The van der Waals surface area contributed by atoms with E-state index in [1.165, 1.54) is 4.31 Å². The second-order valence-corrected chi connectivity index (χ2v) is 8.89. The minimum atomic E-state index is -3.34. The van der Waals surface area contributed by atoms with Crippen LogP contribution in [0.1, 0.15) is 13.8 Å². The fourth-order valence-corrected chi connectivity index (χ4v) is 4.27. The number of amides is 3. The van der Waals surface area contributed by atoms with Gasteiger partial charge in [-0.15, -0.1) is 24.0 Å². The van der Waals surface area contributed by atoms with Crippen LogP contribution < -0.4 is 10.6 Å². The molecule has 0 atom stereocenters. The Morgan fingerprint density at radius 2 is 1.90 bits per heavy atom. The second-order valence-electron chi connectivity index (χ2n) is 6.80. The first-order valence-electron chi connectivity index (χ1n) is 9.38. The van der Waals surface area contributed by atoms with Gasteiger partial charge in [0.05, 0.1) is 25.0 Å². The summed E-state index contributed by atoms with van der Waals surface area (Å²) >= 11 is 0. The van der Waals surface area contributed by atoms with Crippen molar-refractivity contribution in [3.63, 3.8) is 0 Å². The van der Waals surface area contributed by atoms with Crippen molar-refractivity contribution in [1.29, 1.82) is 0 Å². The number of imide groups is 1. The van der Waals surface area contributed by atoms with Gasteiger partial charge in [0.1, 0.15) is 0 Å². The third kappa shape index (κ3) is 7.53. The highest BCUT2D eigenvalue weighted by molar-refractivity contribution is 14.0. The van der Waals surface area contributed by atoms with E-state index in [0.717, 1.165) is 4.90 Å². The molecular weight excluding hydrogens is 515 g/mol. The monoisotopic (exact) mass is 546 g/mol. The molecule has 13 heteroatoms. The standard InChI is InChI=1S/C16H30N6O5S.HI/c1-13(2)27-10-11-28(25,26)21-8-6-20(7-9-21)15(17-3)18-4-5-22-14(23)12-19-16(22)24;/h13H,4-12H2,1-3H3,(H,17,18)(H,19,24);1H. The van der Waals surface area contributed by atoms with Crippen LogP contribution in [0.5, 0.6) is 0 Å². The molecule has 0 aromatic heterocycles. The lowest BCUT2D eigenvalue weighted by Gasteiger charge is -2.36. The number of aliphatic imine (C=N–C) groups is 1. The number of carbonyl (C=O) groups excluding carboxylic acids is 2. The van der Waals surface area contributed by atoms with Crippen LogP contribution in [-0.2, 0) is 19.6 Å². The maximum absolute atomic E-state index is 12.4. The van der Waals surface area contributed by atoms with Gasteiger partial charge in [-0.2, -0.15) is 4.31 Å². The van der Waals surface area contributed by atoms with Crippen LogP contribution in [0.15, 0.2) is 4.99 Å². The molecule has 2 heterocycles. The Balaban J connectivity index is 0.00000420. The van der Waals surface area contributed by atoms with Crippen LogP contribution in [0, 0.1) is 0 Å². The molecule has 29 heavy (non-hydrogen) atoms. The van der Waals surface area contributed by atoms with E-state index in [-0.39, 0.29) is 67.5 Å². The number of sulfonamides is 1. The zero-order valence-corrected chi connectivity index (χ0v) is 20.2. The predicted molar refractivity (Wildman–Crippen MR) is 120 cm³/mol. The third-order valence-electron chi connectivity index (χ3n) is 4.49. The maximum Gasteiger partial charge on any atom is 0.324 e. The van der Waals surface area contributed by atoms with Gasteiger partial charge in [-0.3, -0.25) is 14.7 Å². The van der Waals surface area contributed by atoms with Gasteiger partial charge in [0, 0.05) is 46.3 Å². The molecule has 2 saturated heterocycles. The Morgan fingerprint density at radius 3 is 2.41 bits per heavy atom. The number of guanidine groups is 1. The molecule has 11 nitrogen and oxygen atoms in total. The molecule has 0 aliphatic carbocycles. The zero-order chi connectivity index (χ0) is 20.7. The predicted octanol–water partition coefficient (Wildman–Crippen LogP) is -0.896. The lowest BCUT2D eigenvalue weighted by Crippen LogP contribution is -2.54. The Kier molecular flexibility index (Phi) is 10.6. The van der Waals surface area contributed by atoms with Gasteiger partial charge >= 0.3 is 6.03 Å². The molecule has 0 saturated carbocycles. The zero-order valence-electron chi connectivity index (χ0n) is 17.1. The highest BCUT2D eigenvalue weighted by atomic mass is 127. The number of piperazine rings is 1. The smallest absolute Gasteiger partial charge is 0.324 e. The average Bonchev–Trinajstić information content (AvgIpc) is 2.97. The summed E-state index contributed by atoms with van der Waals surface area (Å²) in [6.07, 6.45) is 0.00312. The molecule has 2 aliphatic rings. The van der Waals surface area contributed by atoms with Crippen LogP contribution in [0.3, 0.4) is 0 Å². The Labute approximate surface area is 189 Å². The highest BCUT2D eigenvalue weighted by Gasteiger charge is 2.29. The summed E-state index contributed by atoms with van der Waals surface area (Å²) in [5.74, 6) is 0.346. The quantitative estimate of drug-likeness (QED) is 0.175. The number of ether oxygens (including phenoxy) is 1. The molecule has 168 valence electrons. The molecule has 0 aromatic carbocycles. The van der Waals surface area contributed by atoms with E-state index < -0.39 is 10.0 Å². The van der Waals surface area contributed by atoms with Gasteiger partial charge in [0.2, 0.25) is 15.9 Å².